The van der Waals surface area contributed by atoms with Gasteiger partial charge >= 0.3 is 0 Å². The van der Waals surface area contributed by atoms with Crippen LogP contribution >= 0.6 is 15.9 Å². The Bertz CT molecular complexity index is 506. The topological polar surface area (TPSA) is 32.3 Å². The van der Waals surface area contributed by atoms with Crippen molar-refractivity contribution >= 4 is 15.9 Å². The number of phenols is 1. The Balaban J connectivity index is 2.08. The second-order valence-electron chi connectivity index (χ2n) is 4.76. The molecule has 0 saturated heterocycles. The van der Waals surface area contributed by atoms with E-state index < -0.39 is 0 Å². The molecule has 3 heteroatoms. The first-order chi connectivity index (χ1) is 9.06. The predicted octanol–water partition coefficient (Wildman–Crippen LogP) is 4.57. The van der Waals surface area contributed by atoms with E-state index >= 15 is 0 Å². The van der Waals surface area contributed by atoms with Gasteiger partial charge in [0.2, 0.25) is 0 Å². The molecule has 0 saturated carbocycles. The highest BCUT2D eigenvalue weighted by Gasteiger charge is 2.11. The summed E-state index contributed by atoms with van der Waals surface area (Å²) >= 11 is 3.49. The van der Waals surface area contributed by atoms with Crippen molar-refractivity contribution in [2.75, 3.05) is 0 Å². The molecule has 0 heterocycles. The van der Waals surface area contributed by atoms with Gasteiger partial charge in [-0.05, 0) is 49.2 Å². The first-order valence-corrected chi connectivity index (χ1v) is 7.16. The van der Waals surface area contributed by atoms with E-state index in [9.17, 15) is 5.11 Å². The zero-order valence-electron chi connectivity index (χ0n) is 11.1. The third kappa shape index (κ3) is 3.82. The summed E-state index contributed by atoms with van der Waals surface area (Å²) < 4.78 is 1.09. The molecule has 100 valence electrons. The Morgan fingerprint density at radius 2 is 1.53 bits per heavy atom. The molecule has 2 nitrogen and oxygen atoms in total. The first kappa shape index (κ1) is 14.1. The third-order valence-corrected chi connectivity index (χ3v) is 3.71. The average molecular weight is 320 g/mol. The number of nitrogens with one attached hydrogen (secondary N) is 1. The molecule has 2 atom stereocenters. The van der Waals surface area contributed by atoms with Gasteiger partial charge in [-0.15, -0.1) is 0 Å². The molecule has 0 fully saturated rings. The summed E-state index contributed by atoms with van der Waals surface area (Å²) in [4.78, 5) is 0. The van der Waals surface area contributed by atoms with Crippen LogP contribution in [0.2, 0.25) is 0 Å². The number of halogens is 1. The van der Waals surface area contributed by atoms with E-state index in [0.29, 0.717) is 5.75 Å². The van der Waals surface area contributed by atoms with Crippen LogP contribution < -0.4 is 5.32 Å². The average Bonchev–Trinajstić information content (AvgIpc) is 2.38. The summed E-state index contributed by atoms with van der Waals surface area (Å²) in [5.74, 6) is 0.307. The Morgan fingerprint density at radius 3 is 2.11 bits per heavy atom. The summed E-state index contributed by atoms with van der Waals surface area (Å²) in [6.45, 7) is 4.24. The SMILES string of the molecule is CC(N[C@H](C)c1cccc(Br)c1)c1cccc(O)c1. The van der Waals surface area contributed by atoms with Gasteiger partial charge in [0.25, 0.3) is 0 Å². The van der Waals surface area contributed by atoms with Crippen LogP contribution in [0, 0.1) is 0 Å². The van der Waals surface area contributed by atoms with Gasteiger partial charge in [0, 0.05) is 16.6 Å². The van der Waals surface area contributed by atoms with Gasteiger partial charge in [-0.2, -0.15) is 0 Å². The van der Waals surface area contributed by atoms with Crippen molar-refractivity contribution in [3.8, 4) is 5.75 Å². The summed E-state index contributed by atoms with van der Waals surface area (Å²) in [7, 11) is 0. The molecular weight excluding hydrogens is 302 g/mol. The number of aromatic hydroxyl groups is 1. The molecule has 0 spiro atoms. The van der Waals surface area contributed by atoms with Crippen molar-refractivity contribution in [3.05, 3.63) is 64.1 Å². The normalized spacial score (nSPS) is 14.1. The van der Waals surface area contributed by atoms with Crippen molar-refractivity contribution in [2.24, 2.45) is 0 Å². The summed E-state index contributed by atoms with van der Waals surface area (Å²) in [6, 6.07) is 16.1. The van der Waals surface area contributed by atoms with E-state index in [1.807, 2.05) is 24.3 Å². The maximum atomic E-state index is 9.52. The van der Waals surface area contributed by atoms with E-state index in [4.69, 9.17) is 0 Å². The number of phenolic OH excluding ortho intramolecular Hbond substituents is 1. The molecule has 0 amide bonds. The Hall–Kier alpha value is -1.32. The zero-order valence-corrected chi connectivity index (χ0v) is 12.7. The van der Waals surface area contributed by atoms with Crippen LogP contribution in [0.25, 0.3) is 0 Å². The van der Waals surface area contributed by atoms with Crippen LogP contribution in [0.3, 0.4) is 0 Å². The summed E-state index contributed by atoms with van der Waals surface area (Å²) in [5.41, 5.74) is 2.32. The Morgan fingerprint density at radius 1 is 0.947 bits per heavy atom. The fourth-order valence-corrected chi connectivity index (χ4v) is 2.55. The molecule has 0 bridgehead atoms. The Labute approximate surface area is 122 Å². The maximum Gasteiger partial charge on any atom is 0.115 e. The molecular formula is C16H18BrNO. The molecule has 0 aliphatic rings. The standard InChI is InChI=1S/C16H18BrNO/c1-11(13-5-3-7-15(17)9-13)18-12(2)14-6-4-8-16(19)10-14/h3-12,18-19H,1-2H3/t11-,12?/m1/s1. The van der Waals surface area contributed by atoms with Crippen LogP contribution in [-0.4, -0.2) is 5.11 Å². The van der Waals surface area contributed by atoms with Gasteiger partial charge in [-0.25, -0.2) is 0 Å². The smallest absolute Gasteiger partial charge is 0.115 e. The minimum atomic E-state index is 0.182. The van der Waals surface area contributed by atoms with Crippen molar-refractivity contribution in [1.29, 1.82) is 0 Å². The van der Waals surface area contributed by atoms with Gasteiger partial charge in [0.15, 0.2) is 0 Å². The van der Waals surface area contributed by atoms with E-state index in [0.717, 1.165) is 10.0 Å². The van der Waals surface area contributed by atoms with E-state index in [1.54, 1.807) is 12.1 Å². The lowest BCUT2D eigenvalue weighted by molar-refractivity contribution is 0.466. The van der Waals surface area contributed by atoms with Gasteiger partial charge in [-0.1, -0.05) is 40.2 Å². The lowest BCUT2D eigenvalue weighted by Gasteiger charge is -2.21. The van der Waals surface area contributed by atoms with Crippen LogP contribution in [0.1, 0.15) is 37.1 Å². The molecule has 0 aliphatic heterocycles. The first-order valence-electron chi connectivity index (χ1n) is 6.36. The highest BCUT2D eigenvalue weighted by Crippen LogP contribution is 2.23. The third-order valence-electron chi connectivity index (χ3n) is 3.22. The van der Waals surface area contributed by atoms with E-state index in [-0.39, 0.29) is 12.1 Å². The van der Waals surface area contributed by atoms with Crippen molar-refractivity contribution in [3.63, 3.8) is 0 Å². The van der Waals surface area contributed by atoms with Gasteiger partial charge in [0.1, 0.15) is 5.75 Å². The molecule has 0 aromatic heterocycles. The summed E-state index contributed by atoms with van der Waals surface area (Å²) in [6.07, 6.45) is 0. The number of hydrogen-bond acceptors (Lipinski definition) is 2. The number of rotatable bonds is 4. The minimum absolute atomic E-state index is 0.182. The fourth-order valence-electron chi connectivity index (χ4n) is 2.14. The van der Waals surface area contributed by atoms with Crippen molar-refractivity contribution in [1.82, 2.24) is 5.32 Å². The van der Waals surface area contributed by atoms with Gasteiger partial charge in [-0.3, -0.25) is 0 Å². The molecule has 2 aromatic carbocycles. The van der Waals surface area contributed by atoms with Crippen LogP contribution in [0.4, 0.5) is 0 Å². The molecule has 2 N–H and O–H groups in total. The highest BCUT2D eigenvalue weighted by molar-refractivity contribution is 9.10. The molecule has 2 rings (SSSR count). The highest BCUT2D eigenvalue weighted by atomic mass is 79.9. The van der Waals surface area contributed by atoms with Crippen molar-refractivity contribution in [2.45, 2.75) is 25.9 Å². The zero-order chi connectivity index (χ0) is 13.8. The predicted molar refractivity (Wildman–Crippen MR) is 82.2 cm³/mol. The number of hydrogen-bond donors (Lipinski definition) is 2. The lowest BCUT2D eigenvalue weighted by Crippen LogP contribution is -2.22. The quantitative estimate of drug-likeness (QED) is 0.865. The maximum absolute atomic E-state index is 9.52. The van der Waals surface area contributed by atoms with Crippen LogP contribution in [-0.2, 0) is 0 Å². The van der Waals surface area contributed by atoms with Gasteiger partial charge in [0.05, 0.1) is 0 Å². The Kier molecular flexibility index (Phi) is 4.61. The van der Waals surface area contributed by atoms with Crippen LogP contribution in [0.15, 0.2) is 53.0 Å². The molecule has 0 aliphatic carbocycles. The molecule has 19 heavy (non-hydrogen) atoms. The fraction of sp³-hybridized carbons (Fsp3) is 0.250. The molecule has 0 radical (unpaired) electrons. The van der Waals surface area contributed by atoms with E-state index in [1.165, 1.54) is 5.56 Å². The van der Waals surface area contributed by atoms with Gasteiger partial charge < -0.3 is 10.4 Å². The number of benzene rings is 2. The lowest BCUT2D eigenvalue weighted by atomic mass is 10.0. The second-order valence-corrected chi connectivity index (χ2v) is 5.68. The monoisotopic (exact) mass is 319 g/mol. The molecule has 1 unspecified atom stereocenters. The second kappa shape index (κ2) is 6.22. The molecule has 2 aromatic rings. The summed E-state index contributed by atoms with van der Waals surface area (Å²) in [5, 5.41) is 13.1. The largest absolute Gasteiger partial charge is 0.508 e. The van der Waals surface area contributed by atoms with Crippen molar-refractivity contribution < 1.29 is 5.11 Å². The minimum Gasteiger partial charge on any atom is -0.508 e. The van der Waals surface area contributed by atoms with E-state index in [2.05, 4.69) is 47.2 Å². The van der Waals surface area contributed by atoms with Crippen LogP contribution in [0.5, 0.6) is 5.75 Å².